The van der Waals surface area contributed by atoms with E-state index in [-0.39, 0.29) is 18.4 Å². The maximum atomic E-state index is 12.0. The fourth-order valence-electron chi connectivity index (χ4n) is 2.94. The molecule has 2 rings (SSSR count). The Hall–Kier alpha value is -1.07. The summed E-state index contributed by atoms with van der Waals surface area (Å²) in [7, 11) is -3.15. The van der Waals surface area contributed by atoms with E-state index in [1.165, 1.54) is 6.42 Å². The van der Waals surface area contributed by atoms with E-state index in [1.54, 1.807) is 12.1 Å². The Morgan fingerprint density at radius 2 is 1.90 bits per heavy atom. The van der Waals surface area contributed by atoms with Gasteiger partial charge in [0, 0.05) is 12.2 Å². The third kappa shape index (κ3) is 3.98. The molecule has 21 heavy (non-hydrogen) atoms. The summed E-state index contributed by atoms with van der Waals surface area (Å²) in [6.07, 6.45) is 5.07. The quantitative estimate of drug-likeness (QED) is 0.908. The predicted molar refractivity (Wildman–Crippen MR) is 85.5 cm³/mol. The van der Waals surface area contributed by atoms with Crippen molar-refractivity contribution in [2.45, 2.75) is 50.0 Å². The average molecular weight is 311 g/mol. The second-order valence-electron chi connectivity index (χ2n) is 5.69. The lowest BCUT2D eigenvalue weighted by Gasteiger charge is -2.31. The number of benzene rings is 1. The minimum Gasteiger partial charge on any atom is -0.394 e. The fraction of sp³-hybridized carbons (Fsp3) is 0.625. The Morgan fingerprint density at radius 3 is 2.52 bits per heavy atom. The zero-order valence-corrected chi connectivity index (χ0v) is 13.5. The summed E-state index contributed by atoms with van der Waals surface area (Å²) in [5.74, 6) is 0.190. The highest BCUT2D eigenvalue weighted by Gasteiger charge is 2.21. The van der Waals surface area contributed by atoms with Crippen molar-refractivity contribution in [2.24, 2.45) is 0 Å². The van der Waals surface area contributed by atoms with Crippen LogP contribution in [0.5, 0.6) is 0 Å². The van der Waals surface area contributed by atoms with Crippen LogP contribution in [0.2, 0.25) is 0 Å². The van der Waals surface area contributed by atoms with E-state index in [9.17, 15) is 13.5 Å². The number of sulfone groups is 1. The molecule has 1 saturated heterocycles. The number of rotatable bonds is 5. The molecule has 0 saturated carbocycles. The summed E-state index contributed by atoms with van der Waals surface area (Å²) < 4.78 is 24.1. The molecule has 118 valence electrons. The first-order chi connectivity index (χ1) is 10.1. The first kappa shape index (κ1) is 16.3. The molecule has 1 aliphatic heterocycles. The SMILES string of the molecule is CCCS(=O)(=O)c1ccc(N2CCCCCC2CO)cc1. The Balaban J connectivity index is 2.21. The summed E-state index contributed by atoms with van der Waals surface area (Å²) in [5, 5.41) is 9.56. The number of aliphatic hydroxyl groups is 1. The van der Waals surface area contributed by atoms with Crippen LogP contribution in [0.25, 0.3) is 0 Å². The van der Waals surface area contributed by atoms with E-state index in [1.807, 2.05) is 19.1 Å². The minimum absolute atomic E-state index is 0.144. The van der Waals surface area contributed by atoms with Crippen LogP contribution in [0, 0.1) is 0 Å². The van der Waals surface area contributed by atoms with Crippen LogP contribution in [0.3, 0.4) is 0 Å². The largest absolute Gasteiger partial charge is 0.394 e. The molecule has 1 heterocycles. The predicted octanol–water partition coefficient (Wildman–Crippen LogP) is 2.61. The van der Waals surface area contributed by atoms with Gasteiger partial charge in [0.25, 0.3) is 0 Å². The average Bonchev–Trinajstić information content (AvgIpc) is 2.72. The lowest BCUT2D eigenvalue weighted by Crippen LogP contribution is -2.37. The molecule has 1 aromatic carbocycles. The molecule has 0 amide bonds. The standard InChI is InChI=1S/C16H25NO3S/c1-2-12-21(19,20)16-9-7-14(8-10-16)17-11-5-3-4-6-15(17)13-18/h7-10,15,18H,2-6,11-13H2,1H3. The lowest BCUT2D eigenvalue weighted by molar-refractivity contribution is 0.255. The van der Waals surface area contributed by atoms with Crippen LogP contribution in [-0.2, 0) is 9.84 Å². The van der Waals surface area contributed by atoms with E-state index in [2.05, 4.69) is 4.90 Å². The number of nitrogens with zero attached hydrogens (tertiary/aromatic N) is 1. The van der Waals surface area contributed by atoms with Crippen molar-refractivity contribution in [2.75, 3.05) is 23.8 Å². The van der Waals surface area contributed by atoms with E-state index in [0.29, 0.717) is 11.3 Å². The van der Waals surface area contributed by atoms with Crippen molar-refractivity contribution in [1.29, 1.82) is 0 Å². The molecule has 5 heteroatoms. The molecule has 1 N–H and O–H groups in total. The molecule has 0 spiro atoms. The summed E-state index contributed by atoms with van der Waals surface area (Å²) in [6.45, 7) is 2.94. The zero-order chi connectivity index (χ0) is 15.3. The molecule has 1 aromatic rings. The molecule has 1 aliphatic rings. The summed E-state index contributed by atoms with van der Waals surface area (Å²) in [6, 6.07) is 7.28. The molecule has 1 atom stereocenters. The molecule has 1 fully saturated rings. The van der Waals surface area contributed by atoms with Gasteiger partial charge in [-0.3, -0.25) is 0 Å². The van der Waals surface area contributed by atoms with Crippen molar-refractivity contribution < 1.29 is 13.5 Å². The van der Waals surface area contributed by atoms with Gasteiger partial charge in [0.05, 0.1) is 23.3 Å². The van der Waals surface area contributed by atoms with Crippen LogP contribution >= 0.6 is 0 Å². The normalized spacial score (nSPS) is 20.3. The Kier molecular flexibility index (Phi) is 5.65. The van der Waals surface area contributed by atoms with Gasteiger partial charge < -0.3 is 10.0 Å². The Morgan fingerprint density at radius 1 is 1.19 bits per heavy atom. The maximum absolute atomic E-state index is 12.0. The summed E-state index contributed by atoms with van der Waals surface area (Å²) >= 11 is 0. The first-order valence-electron chi connectivity index (χ1n) is 7.79. The highest BCUT2D eigenvalue weighted by Crippen LogP contribution is 2.25. The van der Waals surface area contributed by atoms with E-state index < -0.39 is 9.84 Å². The number of aliphatic hydroxyl groups excluding tert-OH is 1. The molecule has 0 aliphatic carbocycles. The van der Waals surface area contributed by atoms with Gasteiger partial charge in [-0.15, -0.1) is 0 Å². The van der Waals surface area contributed by atoms with Crippen LogP contribution < -0.4 is 4.90 Å². The molecule has 0 aromatic heterocycles. The van der Waals surface area contributed by atoms with Crippen molar-refractivity contribution in [3.63, 3.8) is 0 Å². The molecule has 4 nitrogen and oxygen atoms in total. The fourth-order valence-corrected chi connectivity index (χ4v) is 4.26. The van der Waals surface area contributed by atoms with Gasteiger partial charge in [-0.1, -0.05) is 19.8 Å². The zero-order valence-electron chi connectivity index (χ0n) is 12.7. The Labute approximate surface area is 127 Å². The monoisotopic (exact) mass is 311 g/mol. The van der Waals surface area contributed by atoms with Gasteiger partial charge in [0.2, 0.25) is 0 Å². The van der Waals surface area contributed by atoms with Gasteiger partial charge in [-0.25, -0.2) is 8.42 Å². The van der Waals surface area contributed by atoms with Crippen molar-refractivity contribution in [1.82, 2.24) is 0 Å². The number of hydrogen-bond donors (Lipinski definition) is 1. The molecular weight excluding hydrogens is 286 g/mol. The van der Waals surface area contributed by atoms with Gasteiger partial charge >= 0.3 is 0 Å². The van der Waals surface area contributed by atoms with Crippen molar-refractivity contribution in [3.8, 4) is 0 Å². The second kappa shape index (κ2) is 7.27. The van der Waals surface area contributed by atoms with Crippen LogP contribution in [0.1, 0.15) is 39.0 Å². The maximum Gasteiger partial charge on any atom is 0.178 e. The topological polar surface area (TPSA) is 57.6 Å². The molecule has 0 bridgehead atoms. The highest BCUT2D eigenvalue weighted by molar-refractivity contribution is 7.91. The van der Waals surface area contributed by atoms with Gasteiger partial charge in [-0.05, 0) is 43.5 Å². The van der Waals surface area contributed by atoms with E-state index >= 15 is 0 Å². The van der Waals surface area contributed by atoms with Crippen molar-refractivity contribution in [3.05, 3.63) is 24.3 Å². The molecule has 1 unspecified atom stereocenters. The van der Waals surface area contributed by atoms with Crippen LogP contribution in [0.15, 0.2) is 29.2 Å². The number of anilines is 1. The van der Waals surface area contributed by atoms with Gasteiger partial charge in [0.15, 0.2) is 9.84 Å². The molecule has 0 radical (unpaired) electrons. The van der Waals surface area contributed by atoms with Crippen molar-refractivity contribution >= 4 is 15.5 Å². The second-order valence-corrected chi connectivity index (χ2v) is 7.80. The van der Waals surface area contributed by atoms with Gasteiger partial charge in [-0.2, -0.15) is 0 Å². The Bertz CT molecular complexity index is 539. The third-order valence-corrected chi connectivity index (χ3v) is 6.02. The highest BCUT2D eigenvalue weighted by atomic mass is 32.2. The van der Waals surface area contributed by atoms with Crippen LogP contribution in [0.4, 0.5) is 5.69 Å². The van der Waals surface area contributed by atoms with E-state index in [4.69, 9.17) is 0 Å². The smallest absolute Gasteiger partial charge is 0.178 e. The summed E-state index contributed by atoms with van der Waals surface area (Å²) in [4.78, 5) is 2.60. The first-order valence-corrected chi connectivity index (χ1v) is 9.44. The van der Waals surface area contributed by atoms with Gasteiger partial charge in [0.1, 0.15) is 0 Å². The number of hydrogen-bond acceptors (Lipinski definition) is 4. The lowest BCUT2D eigenvalue weighted by atomic mass is 10.1. The van der Waals surface area contributed by atoms with Crippen LogP contribution in [-0.4, -0.2) is 38.5 Å². The molecular formula is C16H25NO3S. The summed E-state index contributed by atoms with van der Waals surface area (Å²) in [5.41, 5.74) is 1.01. The third-order valence-electron chi connectivity index (χ3n) is 4.09. The van der Waals surface area contributed by atoms with E-state index in [0.717, 1.165) is 31.5 Å². The minimum atomic E-state index is -3.15.